The minimum Gasteiger partial charge on any atom is -0.478 e. The van der Waals surface area contributed by atoms with Crippen molar-refractivity contribution in [1.29, 1.82) is 0 Å². The zero-order chi connectivity index (χ0) is 14.7. The Labute approximate surface area is 112 Å². The van der Waals surface area contributed by atoms with Crippen molar-refractivity contribution < 1.29 is 23.5 Å². The van der Waals surface area contributed by atoms with Crippen LogP contribution in [-0.4, -0.2) is 17.0 Å². The number of anilines is 1. The molecule has 0 atom stereocenters. The molecule has 20 heavy (non-hydrogen) atoms. The molecule has 0 saturated carbocycles. The molecule has 2 rings (SSSR count). The van der Waals surface area contributed by atoms with Crippen molar-refractivity contribution in [2.75, 3.05) is 5.32 Å². The fourth-order valence-corrected chi connectivity index (χ4v) is 1.55. The average Bonchev–Trinajstić information content (AvgIpc) is 2.43. The van der Waals surface area contributed by atoms with Gasteiger partial charge >= 0.3 is 5.97 Å². The molecule has 0 spiro atoms. The number of halogens is 2. The van der Waals surface area contributed by atoms with E-state index in [-0.39, 0.29) is 16.8 Å². The molecule has 0 aliphatic carbocycles. The molecule has 0 aliphatic rings. The summed E-state index contributed by atoms with van der Waals surface area (Å²) in [5.41, 5.74) is -0.116. The lowest BCUT2D eigenvalue weighted by molar-refractivity contribution is 0.0696. The monoisotopic (exact) mass is 277 g/mol. The van der Waals surface area contributed by atoms with Crippen molar-refractivity contribution in [2.45, 2.75) is 0 Å². The van der Waals surface area contributed by atoms with E-state index in [4.69, 9.17) is 5.11 Å². The number of nitrogens with one attached hydrogen (secondary N) is 1. The van der Waals surface area contributed by atoms with Gasteiger partial charge in [0, 0.05) is 11.6 Å². The number of carbonyl (C=O) groups is 2. The molecule has 0 bridgehead atoms. The summed E-state index contributed by atoms with van der Waals surface area (Å²) in [5.74, 6) is -3.22. The minimum absolute atomic E-state index is 0.0264. The summed E-state index contributed by atoms with van der Waals surface area (Å²) in [6.07, 6.45) is 0. The van der Waals surface area contributed by atoms with Crippen molar-refractivity contribution >= 4 is 17.6 Å². The van der Waals surface area contributed by atoms with E-state index in [2.05, 4.69) is 5.32 Å². The standard InChI is InChI=1S/C14H9F2NO3/c15-10-5-6-11(16)12(7-10)17-13(18)8-1-3-9(4-2-8)14(19)20/h1-7H,(H,17,18)(H,19,20). The maximum atomic E-state index is 13.4. The highest BCUT2D eigenvalue weighted by atomic mass is 19.1. The van der Waals surface area contributed by atoms with Gasteiger partial charge in [-0.3, -0.25) is 4.79 Å². The minimum atomic E-state index is -1.12. The second-order valence-electron chi connectivity index (χ2n) is 3.96. The van der Waals surface area contributed by atoms with E-state index in [9.17, 15) is 18.4 Å². The highest BCUT2D eigenvalue weighted by Crippen LogP contribution is 2.16. The van der Waals surface area contributed by atoms with Gasteiger partial charge in [-0.1, -0.05) is 0 Å². The van der Waals surface area contributed by atoms with Gasteiger partial charge in [-0.05, 0) is 36.4 Å². The number of carboxylic acids is 1. The van der Waals surface area contributed by atoms with Gasteiger partial charge in [0.25, 0.3) is 5.91 Å². The normalized spacial score (nSPS) is 10.1. The molecule has 2 aromatic rings. The van der Waals surface area contributed by atoms with Gasteiger partial charge in [0.1, 0.15) is 11.6 Å². The molecule has 1 amide bonds. The number of hydrogen-bond donors (Lipinski definition) is 2. The molecule has 0 fully saturated rings. The maximum absolute atomic E-state index is 13.4. The van der Waals surface area contributed by atoms with E-state index in [1.807, 2.05) is 0 Å². The molecule has 0 radical (unpaired) electrons. The summed E-state index contributed by atoms with van der Waals surface area (Å²) in [5, 5.41) is 10.9. The molecule has 0 heterocycles. The van der Waals surface area contributed by atoms with Crippen LogP contribution in [-0.2, 0) is 0 Å². The third-order valence-electron chi connectivity index (χ3n) is 2.57. The summed E-state index contributed by atoms with van der Waals surface area (Å²) in [4.78, 5) is 22.5. The van der Waals surface area contributed by atoms with Crippen molar-refractivity contribution in [3.8, 4) is 0 Å². The average molecular weight is 277 g/mol. The Balaban J connectivity index is 2.19. The molecular formula is C14H9F2NO3. The van der Waals surface area contributed by atoms with Crippen LogP contribution in [0.4, 0.5) is 14.5 Å². The van der Waals surface area contributed by atoms with Gasteiger partial charge in [-0.2, -0.15) is 0 Å². The fraction of sp³-hybridized carbons (Fsp3) is 0. The van der Waals surface area contributed by atoms with Crippen LogP contribution in [0.3, 0.4) is 0 Å². The smallest absolute Gasteiger partial charge is 0.335 e. The first-order chi connectivity index (χ1) is 9.47. The molecular weight excluding hydrogens is 268 g/mol. The molecule has 0 aromatic heterocycles. The zero-order valence-corrected chi connectivity index (χ0v) is 10.1. The summed E-state index contributed by atoms with van der Waals surface area (Å²) in [6, 6.07) is 7.77. The highest BCUT2D eigenvalue weighted by Gasteiger charge is 2.11. The zero-order valence-electron chi connectivity index (χ0n) is 10.1. The molecule has 4 nitrogen and oxygen atoms in total. The third kappa shape index (κ3) is 2.97. The van der Waals surface area contributed by atoms with Gasteiger partial charge in [0.15, 0.2) is 0 Å². The largest absolute Gasteiger partial charge is 0.478 e. The first kappa shape index (κ1) is 13.7. The Morgan fingerprint density at radius 1 is 0.950 bits per heavy atom. The summed E-state index contributed by atoms with van der Waals surface area (Å²) >= 11 is 0. The SMILES string of the molecule is O=C(O)c1ccc(C(=O)Nc2cc(F)ccc2F)cc1. The maximum Gasteiger partial charge on any atom is 0.335 e. The molecule has 0 aliphatic heterocycles. The number of amides is 1. The van der Waals surface area contributed by atoms with Crippen LogP contribution < -0.4 is 5.32 Å². The number of rotatable bonds is 3. The quantitative estimate of drug-likeness (QED) is 0.906. The number of aromatic carboxylic acids is 1. The number of benzene rings is 2. The Morgan fingerprint density at radius 2 is 1.55 bits per heavy atom. The first-order valence-electron chi connectivity index (χ1n) is 5.57. The van der Waals surface area contributed by atoms with E-state index in [1.54, 1.807) is 0 Å². The summed E-state index contributed by atoms with van der Waals surface area (Å²) < 4.78 is 26.3. The van der Waals surface area contributed by atoms with Crippen LogP contribution in [0.2, 0.25) is 0 Å². The fourth-order valence-electron chi connectivity index (χ4n) is 1.55. The van der Waals surface area contributed by atoms with E-state index < -0.39 is 23.5 Å². The predicted octanol–water partition coefficient (Wildman–Crippen LogP) is 2.92. The van der Waals surface area contributed by atoms with Crippen LogP contribution in [0.5, 0.6) is 0 Å². The first-order valence-corrected chi connectivity index (χ1v) is 5.57. The van der Waals surface area contributed by atoms with Crippen molar-refractivity contribution in [3.63, 3.8) is 0 Å². The van der Waals surface area contributed by atoms with Gasteiger partial charge in [-0.25, -0.2) is 13.6 Å². The highest BCUT2D eigenvalue weighted by molar-refractivity contribution is 6.04. The third-order valence-corrected chi connectivity index (χ3v) is 2.57. The molecule has 2 N–H and O–H groups in total. The Kier molecular flexibility index (Phi) is 3.74. The van der Waals surface area contributed by atoms with Gasteiger partial charge in [0.05, 0.1) is 11.3 Å². The van der Waals surface area contributed by atoms with E-state index >= 15 is 0 Å². The predicted molar refractivity (Wildman–Crippen MR) is 67.7 cm³/mol. The topological polar surface area (TPSA) is 66.4 Å². The lowest BCUT2D eigenvalue weighted by atomic mass is 10.1. The van der Waals surface area contributed by atoms with E-state index in [0.29, 0.717) is 0 Å². The number of carbonyl (C=O) groups excluding carboxylic acids is 1. The van der Waals surface area contributed by atoms with Crippen LogP contribution in [0.1, 0.15) is 20.7 Å². The molecule has 2 aromatic carbocycles. The Bertz CT molecular complexity index is 669. The van der Waals surface area contributed by atoms with E-state index in [0.717, 1.165) is 18.2 Å². The summed E-state index contributed by atoms with van der Waals surface area (Å²) in [7, 11) is 0. The lowest BCUT2D eigenvalue weighted by Gasteiger charge is -2.06. The van der Waals surface area contributed by atoms with Gasteiger partial charge in [0.2, 0.25) is 0 Å². The van der Waals surface area contributed by atoms with Gasteiger partial charge < -0.3 is 10.4 Å². The van der Waals surface area contributed by atoms with Crippen molar-refractivity contribution in [3.05, 3.63) is 65.2 Å². The molecule has 0 saturated heterocycles. The Morgan fingerprint density at radius 3 is 2.15 bits per heavy atom. The molecule has 6 heteroatoms. The summed E-state index contributed by atoms with van der Waals surface area (Å²) in [6.45, 7) is 0. The van der Waals surface area contributed by atoms with Gasteiger partial charge in [-0.15, -0.1) is 0 Å². The lowest BCUT2D eigenvalue weighted by Crippen LogP contribution is -2.13. The second kappa shape index (κ2) is 5.48. The van der Waals surface area contributed by atoms with Crippen LogP contribution in [0, 0.1) is 11.6 Å². The molecule has 0 unspecified atom stereocenters. The van der Waals surface area contributed by atoms with Crippen LogP contribution in [0.15, 0.2) is 42.5 Å². The number of hydrogen-bond acceptors (Lipinski definition) is 2. The van der Waals surface area contributed by atoms with E-state index in [1.165, 1.54) is 24.3 Å². The molecule has 102 valence electrons. The van der Waals surface area contributed by atoms with Crippen molar-refractivity contribution in [1.82, 2.24) is 0 Å². The van der Waals surface area contributed by atoms with Crippen LogP contribution in [0.25, 0.3) is 0 Å². The Hall–Kier alpha value is -2.76. The van der Waals surface area contributed by atoms with Crippen LogP contribution >= 0.6 is 0 Å². The van der Waals surface area contributed by atoms with Crippen molar-refractivity contribution in [2.24, 2.45) is 0 Å². The second-order valence-corrected chi connectivity index (χ2v) is 3.96. The number of carboxylic acid groups (broad SMARTS) is 1.